The van der Waals surface area contributed by atoms with E-state index in [1.54, 1.807) is 7.11 Å². The van der Waals surface area contributed by atoms with Crippen LogP contribution >= 0.6 is 0 Å². The number of nitrogens with one attached hydrogen (secondary N) is 1. The van der Waals surface area contributed by atoms with Crippen molar-refractivity contribution in [3.8, 4) is 11.5 Å². The van der Waals surface area contributed by atoms with Crippen LogP contribution in [0, 0.1) is 0 Å². The first-order valence-corrected chi connectivity index (χ1v) is 10.3. The van der Waals surface area contributed by atoms with Crippen LogP contribution in [0.25, 0.3) is 0 Å². The lowest BCUT2D eigenvalue weighted by Gasteiger charge is -2.36. The van der Waals surface area contributed by atoms with E-state index in [4.69, 9.17) is 9.47 Å². The highest BCUT2D eigenvalue weighted by atomic mass is 16.5. The van der Waals surface area contributed by atoms with Gasteiger partial charge in [0.2, 0.25) is 0 Å². The maximum atomic E-state index is 5.90. The zero-order chi connectivity index (χ0) is 19.8. The molecule has 3 rings (SSSR count). The summed E-state index contributed by atoms with van der Waals surface area (Å²) in [7, 11) is 1.74. The van der Waals surface area contributed by atoms with Gasteiger partial charge in [0.25, 0.3) is 0 Å². The van der Waals surface area contributed by atoms with E-state index in [-0.39, 0.29) is 0 Å². The largest absolute Gasteiger partial charge is 0.495 e. The highest BCUT2D eigenvalue weighted by Gasteiger charge is 2.19. The van der Waals surface area contributed by atoms with Crippen LogP contribution in [0.2, 0.25) is 0 Å². The van der Waals surface area contributed by atoms with Crippen LogP contribution in [-0.4, -0.2) is 57.4 Å². The second-order valence-electron chi connectivity index (χ2n) is 7.53. The van der Waals surface area contributed by atoms with Crippen LogP contribution in [0.1, 0.15) is 20.3 Å². The molecule has 0 atom stereocenters. The van der Waals surface area contributed by atoms with Crippen molar-refractivity contribution in [3.05, 3.63) is 48.5 Å². The van der Waals surface area contributed by atoms with E-state index in [0.717, 1.165) is 62.9 Å². The molecule has 1 saturated heterocycles. The third-order valence-electron chi connectivity index (χ3n) is 5.00. The quantitative estimate of drug-likeness (QED) is 0.660. The molecule has 0 aromatic heterocycles. The lowest BCUT2D eigenvalue weighted by atomic mass is 10.2. The summed E-state index contributed by atoms with van der Waals surface area (Å²) in [5.74, 6) is 1.90. The molecule has 0 saturated carbocycles. The minimum Gasteiger partial charge on any atom is -0.495 e. The van der Waals surface area contributed by atoms with E-state index < -0.39 is 0 Å². The van der Waals surface area contributed by atoms with Crippen LogP contribution in [0.15, 0.2) is 48.5 Å². The molecule has 2 aromatic carbocycles. The Kier molecular flexibility index (Phi) is 7.43. The number of nitrogens with zero attached hydrogens (tertiary/aromatic N) is 2. The van der Waals surface area contributed by atoms with Gasteiger partial charge in [-0.3, -0.25) is 4.90 Å². The Bertz CT molecular complexity index is 710. The predicted molar refractivity (Wildman–Crippen MR) is 117 cm³/mol. The average molecular weight is 384 g/mol. The van der Waals surface area contributed by atoms with Gasteiger partial charge in [-0.25, -0.2) is 0 Å². The van der Waals surface area contributed by atoms with E-state index in [2.05, 4.69) is 53.2 Å². The summed E-state index contributed by atoms with van der Waals surface area (Å²) in [4.78, 5) is 4.93. The third-order valence-corrected chi connectivity index (χ3v) is 5.00. The summed E-state index contributed by atoms with van der Waals surface area (Å²) in [5.41, 5.74) is 2.33. The Balaban J connectivity index is 1.35. The van der Waals surface area contributed by atoms with Crippen molar-refractivity contribution in [3.63, 3.8) is 0 Å². The summed E-state index contributed by atoms with van der Waals surface area (Å²) in [6, 6.07) is 16.9. The second-order valence-corrected chi connectivity index (χ2v) is 7.53. The Morgan fingerprint density at radius 3 is 2.36 bits per heavy atom. The van der Waals surface area contributed by atoms with Gasteiger partial charge in [-0.05, 0) is 56.7 Å². The van der Waals surface area contributed by atoms with Crippen LogP contribution in [0.5, 0.6) is 11.5 Å². The second kappa shape index (κ2) is 10.2. The number of ether oxygens (including phenoxy) is 2. The fraction of sp³-hybridized carbons (Fsp3) is 0.478. The zero-order valence-electron chi connectivity index (χ0n) is 17.4. The van der Waals surface area contributed by atoms with Gasteiger partial charge in [-0.2, -0.15) is 0 Å². The number of piperazine rings is 1. The molecule has 1 aliphatic heterocycles. The van der Waals surface area contributed by atoms with Crippen LogP contribution in [0.4, 0.5) is 11.4 Å². The van der Waals surface area contributed by atoms with Gasteiger partial charge in [0, 0.05) is 44.5 Å². The Morgan fingerprint density at radius 1 is 0.964 bits per heavy atom. The van der Waals surface area contributed by atoms with Crippen molar-refractivity contribution in [1.82, 2.24) is 4.90 Å². The van der Waals surface area contributed by atoms with Gasteiger partial charge in [0.1, 0.15) is 11.5 Å². The van der Waals surface area contributed by atoms with E-state index in [1.807, 2.05) is 24.3 Å². The molecule has 5 nitrogen and oxygen atoms in total. The van der Waals surface area contributed by atoms with Crippen molar-refractivity contribution in [2.45, 2.75) is 26.3 Å². The molecule has 0 bridgehead atoms. The molecule has 2 aromatic rings. The molecule has 5 heteroatoms. The van der Waals surface area contributed by atoms with Crippen LogP contribution < -0.4 is 19.7 Å². The normalized spacial score (nSPS) is 14.9. The number of hydrogen-bond donors (Lipinski definition) is 1. The van der Waals surface area contributed by atoms with E-state index >= 15 is 0 Å². The Hall–Kier alpha value is -2.40. The minimum absolute atomic E-state index is 0.440. The highest BCUT2D eigenvalue weighted by molar-refractivity contribution is 5.58. The minimum atomic E-state index is 0.440. The third kappa shape index (κ3) is 5.80. The van der Waals surface area contributed by atoms with E-state index in [0.29, 0.717) is 6.04 Å². The number of methoxy groups -OCH3 is 1. The molecular weight excluding hydrogens is 350 g/mol. The smallest absolute Gasteiger partial charge is 0.142 e. The van der Waals surface area contributed by atoms with Gasteiger partial charge in [-0.15, -0.1) is 0 Å². The SMILES string of the molecule is COc1ccccc1N1CCN(CCCOc2ccc(NC(C)C)cc2)CC1. The molecule has 0 radical (unpaired) electrons. The maximum Gasteiger partial charge on any atom is 0.142 e. The van der Waals surface area contributed by atoms with Crippen molar-refractivity contribution in [2.75, 3.05) is 56.7 Å². The molecule has 1 aliphatic rings. The van der Waals surface area contributed by atoms with Crippen molar-refractivity contribution in [2.24, 2.45) is 0 Å². The number of para-hydroxylation sites is 2. The summed E-state index contributed by atoms with van der Waals surface area (Å²) < 4.78 is 11.4. The van der Waals surface area contributed by atoms with Crippen molar-refractivity contribution < 1.29 is 9.47 Å². The first-order valence-electron chi connectivity index (χ1n) is 10.3. The summed E-state index contributed by atoms with van der Waals surface area (Å²) in [6.07, 6.45) is 1.04. The Morgan fingerprint density at radius 2 is 1.68 bits per heavy atom. The maximum absolute atomic E-state index is 5.90. The fourth-order valence-corrected chi connectivity index (χ4v) is 3.56. The van der Waals surface area contributed by atoms with Gasteiger partial charge in [0.05, 0.1) is 19.4 Å². The first kappa shape index (κ1) is 20.3. The summed E-state index contributed by atoms with van der Waals surface area (Å²) in [6.45, 7) is 10.3. The molecule has 0 aliphatic carbocycles. The van der Waals surface area contributed by atoms with Crippen LogP contribution in [-0.2, 0) is 0 Å². The molecule has 0 amide bonds. The monoisotopic (exact) mass is 383 g/mol. The molecule has 1 fully saturated rings. The molecule has 1 heterocycles. The molecular formula is C23H33N3O2. The van der Waals surface area contributed by atoms with Crippen molar-refractivity contribution >= 4 is 11.4 Å². The first-order chi connectivity index (χ1) is 13.7. The highest BCUT2D eigenvalue weighted by Crippen LogP contribution is 2.28. The lowest BCUT2D eigenvalue weighted by molar-refractivity contribution is 0.224. The molecule has 0 spiro atoms. The van der Waals surface area contributed by atoms with Crippen LogP contribution in [0.3, 0.4) is 0 Å². The molecule has 152 valence electrons. The number of anilines is 2. The number of hydrogen-bond acceptors (Lipinski definition) is 5. The van der Waals surface area contributed by atoms with Gasteiger partial charge >= 0.3 is 0 Å². The predicted octanol–water partition coefficient (Wildman–Crippen LogP) is 4.11. The van der Waals surface area contributed by atoms with Crippen molar-refractivity contribution in [1.29, 1.82) is 0 Å². The summed E-state index contributed by atoms with van der Waals surface area (Å²) in [5, 5.41) is 3.39. The average Bonchev–Trinajstić information content (AvgIpc) is 2.72. The topological polar surface area (TPSA) is 37.0 Å². The number of rotatable bonds is 9. The summed E-state index contributed by atoms with van der Waals surface area (Å²) >= 11 is 0. The van der Waals surface area contributed by atoms with E-state index in [9.17, 15) is 0 Å². The molecule has 1 N–H and O–H groups in total. The molecule has 28 heavy (non-hydrogen) atoms. The fourth-order valence-electron chi connectivity index (χ4n) is 3.56. The standard InChI is InChI=1S/C23H33N3O2/c1-19(2)24-20-9-11-21(12-10-20)28-18-6-13-25-14-16-26(17-15-25)22-7-4-5-8-23(22)27-3/h4-5,7-12,19,24H,6,13-18H2,1-3H3. The Labute approximate surface area is 169 Å². The van der Waals surface area contributed by atoms with E-state index in [1.165, 1.54) is 5.69 Å². The van der Waals surface area contributed by atoms with Gasteiger partial charge < -0.3 is 19.7 Å². The van der Waals surface area contributed by atoms with Gasteiger partial charge in [0.15, 0.2) is 0 Å². The van der Waals surface area contributed by atoms with Gasteiger partial charge in [-0.1, -0.05) is 12.1 Å². The molecule has 0 unspecified atom stereocenters. The number of benzene rings is 2. The lowest BCUT2D eigenvalue weighted by Crippen LogP contribution is -2.46. The zero-order valence-corrected chi connectivity index (χ0v) is 17.4.